The zero-order valence-electron chi connectivity index (χ0n) is 18.8. The van der Waals surface area contributed by atoms with Crippen molar-refractivity contribution in [1.29, 1.82) is 0 Å². The minimum atomic E-state index is -0.801. The van der Waals surface area contributed by atoms with Gasteiger partial charge in [0, 0.05) is 30.0 Å². The Morgan fingerprint density at radius 1 is 1.09 bits per heavy atom. The molecule has 7 nitrogen and oxygen atoms in total. The molecule has 6 rings (SSSR count). The monoisotopic (exact) mass is 487 g/mol. The summed E-state index contributed by atoms with van der Waals surface area (Å²) in [6, 6.07) is 17.9. The smallest absolute Gasteiger partial charge is 0.339 e. The van der Waals surface area contributed by atoms with Crippen LogP contribution in [0.25, 0.3) is 11.3 Å². The van der Waals surface area contributed by atoms with Crippen molar-refractivity contribution in [3.05, 3.63) is 82.4 Å². The van der Waals surface area contributed by atoms with E-state index in [0.717, 1.165) is 24.0 Å². The molecular formula is C27H22ClN3O4. The number of esters is 1. The number of hydrogen-bond donors (Lipinski definition) is 1. The van der Waals surface area contributed by atoms with Gasteiger partial charge in [-0.1, -0.05) is 41.9 Å². The molecule has 1 saturated heterocycles. The van der Waals surface area contributed by atoms with E-state index in [4.69, 9.17) is 16.3 Å². The largest absolute Gasteiger partial charge is 0.449 e. The van der Waals surface area contributed by atoms with Crippen LogP contribution in [0.1, 0.15) is 45.5 Å². The molecule has 1 N–H and O–H groups in total. The minimum absolute atomic E-state index is 0.00687. The molecule has 2 amide bonds. The number of fused-ring (bicyclic) bond motifs is 2. The molecule has 35 heavy (non-hydrogen) atoms. The Bertz CT molecular complexity index is 1390. The number of hydrogen-bond acceptors (Lipinski definition) is 5. The summed E-state index contributed by atoms with van der Waals surface area (Å²) in [7, 11) is 0. The molecule has 1 saturated carbocycles. The molecule has 2 aromatic carbocycles. The van der Waals surface area contributed by atoms with E-state index < -0.39 is 5.60 Å². The maximum absolute atomic E-state index is 13.3. The standard InChI is InChI=1S/C27H22ClN3O4/c28-21-14-17(22-6-3-7-23(29-22)30-24(32)16-8-9-16)10-11-19(21)25(33)31-13-12-27(15-31)20-5-2-1-4-18(20)26(34)35-27/h1-7,10-11,14,16H,8-9,12-13,15H2,(H,29,30,32)/t27-/m0/s1. The van der Waals surface area contributed by atoms with E-state index in [-0.39, 0.29) is 30.2 Å². The molecule has 1 aromatic heterocycles. The lowest BCUT2D eigenvalue weighted by atomic mass is 9.91. The van der Waals surface area contributed by atoms with Crippen LogP contribution < -0.4 is 5.32 Å². The van der Waals surface area contributed by atoms with E-state index >= 15 is 0 Å². The predicted octanol–water partition coefficient (Wildman–Crippen LogP) is 4.66. The van der Waals surface area contributed by atoms with Crippen LogP contribution in [0.5, 0.6) is 0 Å². The fourth-order valence-corrected chi connectivity index (χ4v) is 5.12. The minimum Gasteiger partial charge on any atom is -0.449 e. The van der Waals surface area contributed by atoms with E-state index in [0.29, 0.717) is 40.6 Å². The Morgan fingerprint density at radius 2 is 1.91 bits per heavy atom. The Balaban J connectivity index is 1.21. The highest BCUT2D eigenvalue weighted by Crippen LogP contribution is 2.43. The number of halogens is 1. The molecule has 3 heterocycles. The predicted molar refractivity (Wildman–Crippen MR) is 130 cm³/mol. The fraction of sp³-hybridized carbons (Fsp3) is 0.259. The summed E-state index contributed by atoms with van der Waals surface area (Å²) < 4.78 is 5.76. The number of likely N-dealkylation sites (tertiary alicyclic amines) is 1. The molecule has 0 unspecified atom stereocenters. The Labute approximate surface area is 207 Å². The van der Waals surface area contributed by atoms with E-state index in [9.17, 15) is 14.4 Å². The number of nitrogens with zero attached hydrogens (tertiary/aromatic N) is 2. The van der Waals surface area contributed by atoms with Crippen molar-refractivity contribution >= 4 is 35.2 Å². The number of aromatic nitrogens is 1. The Kier molecular flexibility index (Phi) is 5.11. The van der Waals surface area contributed by atoms with Crippen molar-refractivity contribution in [3.63, 3.8) is 0 Å². The first-order chi connectivity index (χ1) is 16.9. The van der Waals surface area contributed by atoms with Gasteiger partial charge < -0.3 is 15.0 Å². The number of amides is 2. The van der Waals surface area contributed by atoms with Gasteiger partial charge in [0.1, 0.15) is 5.82 Å². The third kappa shape index (κ3) is 3.86. The molecule has 1 aliphatic carbocycles. The van der Waals surface area contributed by atoms with Crippen LogP contribution in [0.15, 0.2) is 60.7 Å². The summed E-state index contributed by atoms with van der Waals surface area (Å²) in [5.41, 5.74) is 2.36. The maximum Gasteiger partial charge on any atom is 0.339 e. The third-order valence-electron chi connectivity index (χ3n) is 6.89. The van der Waals surface area contributed by atoms with Gasteiger partial charge in [-0.2, -0.15) is 0 Å². The summed E-state index contributed by atoms with van der Waals surface area (Å²) in [5.74, 6) is 0.0146. The second kappa shape index (κ2) is 8.20. The summed E-state index contributed by atoms with van der Waals surface area (Å²) in [6.45, 7) is 0.750. The number of carbonyl (C=O) groups excluding carboxylic acids is 3. The summed E-state index contributed by atoms with van der Waals surface area (Å²) in [6.07, 6.45) is 2.38. The highest BCUT2D eigenvalue weighted by Gasteiger charge is 2.51. The van der Waals surface area contributed by atoms with Crippen molar-refractivity contribution in [1.82, 2.24) is 9.88 Å². The summed E-state index contributed by atoms with van der Waals surface area (Å²) >= 11 is 6.55. The topological polar surface area (TPSA) is 88.6 Å². The van der Waals surface area contributed by atoms with Gasteiger partial charge in [0.2, 0.25) is 5.91 Å². The van der Waals surface area contributed by atoms with Gasteiger partial charge in [-0.25, -0.2) is 9.78 Å². The average Bonchev–Trinajstić information content (AvgIpc) is 3.58. The van der Waals surface area contributed by atoms with Crippen LogP contribution in [0.3, 0.4) is 0 Å². The average molecular weight is 488 g/mol. The van der Waals surface area contributed by atoms with Gasteiger partial charge in [0.25, 0.3) is 5.91 Å². The molecule has 2 fully saturated rings. The summed E-state index contributed by atoms with van der Waals surface area (Å²) in [5, 5.41) is 3.16. The molecule has 0 radical (unpaired) electrons. The molecule has 176 valence electrons. The first kappa shape index (κ1) is 21.8. The van der Waals surface area contributed by atoms with Crippen LogP contribution in [-0.4, -0.2) is 40.8 Å². The van der Waals surface area contributed by atoms with Crippen LogP contribution in [0.4, 0.5) is 5.82 Å². The first-order valence-electron chi connectivity index (χ1n) is 11.6. The first-order valence-corrected chi connectivity index (χ1v) is 12.0. The van der Waals surface area contributed by atoms with Gasteiger partial charge in [0.15, 0.2) is 5.60 Å². The number of carbonyl (C=O) groups is 3. The Hall–Kier alpha value is -3.71. The van der Waals surface area contributed by atoms with Gasteiger partial charge >= 0.3 is 5.97 Å². The Morgan fingerprint density at radius 3 is 2.71 bits per heavy atom. The number of pyridine rings is 1. The van der Waals surface area contributed by atoms with Gasteiger partial charge in [-0.3, -0.25) is 9.59 Å². The normalized spacial score (nSPS) is 20.6. The van der Waals surface area contributed by atoms with E-state index in [1.807, 2.05) is 30.3 Å². The van der Waals surface area contributed by atoms with Crippen LogP contribution in [0, 0.1) is 5.92 Å². The zero-order chi connectivity index (χ0) is 24.2. The van der Waals surface area contributed by atoms with Crippen molar-refractivity contribution in [2.24, 2.45) is 5.92 Å². The van der Waals surface area contributed by atoms with Crippen molar-refractivity contribution in [2.45, 2.75) is 24.9 Å². The number of nitrogens with one attached hydrogen (secondary N) is 1. The highest BCUT2D eigenvalue weighted by molar-refractivity contribution is 6.34. The van der Waals surface area contributed by atoms with Gasteiger partial charge in [-0.15, -0.1) is 0 Å². The lowest BCUT2D eigenvalue weighted by Gasteiger charge is -2.24. The SMILES string of the molecule is O=C1O[C@]2(CCN(C(=O)c3ccc(-c4cccc(NC(=O)C5CC5)n4)cc3Cl)C2)c2ccccc21. The molecule has 2 aliphatic heterocycles. The number of rotatable bonds is 4. The van der Waals surface area contributed by atoms with Gasteiger partial charge in [0.05, 0.1) is 28.4 Å². The molecule has 0 bridgehead atoms. The third-order valence-corrected chi connectivity index (χ3v) is 7.20. The molecule has 8 heteroatoms. The maximum atomic E-state index is 13.3. The highest BCUT2D eigenvalue weighted by atomic mass is 35.5. The van der Waals surface area contributed by atoms with Crippen molar-refractivity contribution in [3.8, 4) is 11.3 Å². The summed E-state index contributed by atoms with van der Waals surface area (Å²) in [4.78, 5) is 43.9. The van der Waals surface area contributed by atoms with E-state index in [2.05, 4.69) is 10.3 Å². The zero-order valence-corrected chi connectivity index (χ0v) is 19.5. The lowest BCUT2D eigenvalue weighted by molar-refractivity contribution is -0.117. The van der Waals surface area contributed by atoms with E-state index in [1.54, 1.807) is 35.2 Å². The van der Waals surface area contributed by atoms with Crippen LogP contribution in [0.2, 0.25) is 5.02 Å². The quantitative estimate of drug-likeness (QED) is 0.540. The molecule has 3 aromatic rings. The number of benzene rings is 2. The van der Waals surface area contributed by atoms with E-state index in [1.165, 1.54) is 0 Å². The number of ether oxygens (including phenoxy) is 1. The molecular weight excluding hydrogens is 466 g/mol. The molecule has 3 aliphatic rings. The van der Waals surface area contributed by atoms with Crippen LogP contribution in [-0.2, 0) is 15.1 Å². The number of anilines is 1. The van der Waals surface area contributed by atoms with Crippen LogP contribution >= 0.6 is 11.6 Å². The van der Waals surface area contributed by atoms with Crippen molar-refractivity contribution < 1.29 is 19.1 Å². The van der Waals surface area contributed by atoms with Crippen molar-refractivity contribution in [2.75, 3.05) is 18.4 Å². The molecule has 1 atom stereocenters. The molecule has 1 spiro atoms. The van der Waals surface area contributed by atoms with Gasteiger partial charge in [-0.05, 0) is 43.2 Å². The lowest BCUT2D eigenvalue weighted by Crippen LogP contribution is -2.34. The second-order valence-corrected chi connectivity index (χ2v) is 9.68. The second-order valence-electron chi connectivity index (χ2n) is 9.27. The fourth-order valence-electron chi connectivity index (χ4n) is 4.86.